The number of carbonyl (C=O) groups is 3. The second-order valence-corrected chi connectivity index (χ2v) is 14.0. The molecule has 0 saturated heterocycles. The predicted molar refractivity (Wildman–Crippen MR) is 151 cm³/mol. The normalized spacial score (nSPS) is 30.6. The first kappa shape index (κ1) is 29.3. The van der Waals surface area contributed by atoms with Crippen LogP contribution < -0.4 is 20.1 Å². The molecule has 2 heterocycles. The third-order valence-corrected chi connectivity index (χ3v) is 10.2. The molecule has 3 saturated carbocycles. The van der Waals surface area contributed by atoms with Crippen LogP contribution in [0.25, 0.3) is 0 Å². The van der Waals surface area contributed by atoms with Crippen molar-refractivity contribution in [3.05, 3.63) is 24.4 Å². The molecular weight excluding hydrogens is 548 g/mol. The Labute approximate surface area is 241 Å². The highest BCUT2D eigenvalue weighted by Crippen LogP contribution is 2.47. The zero-order valence-corrected chi connectivity index (χ0v) is 24.7. The topological polar surface area (TPSA) is 160 Å². The van der Waals surface area contributed by atoms with Crippen molar-refractivity contribution in [3.63, 3.8) is 0 Å². The zero-order valence-electron chi connectivity index (χ0n) is 23.8. The number of aromatic nitrogens is 2. The van der Waals surface area contributed by atoms with E-state index in [2.05, 4.69) is 25.3 Å². The number of anilines is 1. The lowest BCUT2D eigenvalue weighted by Crippen LogP contribution is -2.54. The summed E-state index contributed by atoms with van der Waals surface area (Å²) in [5.74, 6) is -2.25. The van der Waals surface area contributed by atoms with Crippen molar-refractivity contribution in [3.8, 4) is 5.88 Å². The minimum atomic E-state index is -3.79. The standard InChI is InChI=1S/C28H40N6O6S/c1-17(2)30-27-29-12-11-23(31-27)40-19-14-21-22(15-19)25(36)34(3)13-7-5-4-6-8-18-16-28(18,32-24(21)35)26(37)33-41(38,39)20-9-10-20/h6,8,11-12,17-22H,4-5,7,9-10,13-16H2,1-3H3,(H,32,35)(H,33,37)(H,29,30,31)/t18-,19-,21-,22-,28-/m1/s1. The molecule has 0 bridgehead atoms. The highest BCUT2D eigenvalue weighted by molar-refractivity contribution is 7.91. The SMILES string of the molecule is CC(C)Nc1nccc(O[C@@H]2C[C@H]3C(=O)N[C@]4(C(=O)NS(=O)(=O)C5CC5)C[C@H]4C=CCCCCN(C)C(=O)[C@@H]3C2)n1. The Morgan fingerprint density at radius 1 is 1.20 bits per heavy atom. The summed E-state index contributed by atoms with van der Waals surface area (Å²) >= 11 is 0. The van der Waals surface area contributed by atoms with Gasteiger partial charge in [-0.05, 0) is 65.2 Å². The van der Waals surface area contributed by atoms with Crippen LogP contribution in [-0.4, -0.2) is 77.5 Å². The van der Waals surface area contributed by atoms with Crippen LogP contribution in [0.2, 0.25) is 0 Å². The number of hydrogen-bond acceptors (Lipinski definition) is 9. The molecule has 0 aromatic carbocycles. The van der Waals surface area contributed by atoms with E-state index in [1.807, 2.05) is 26.0 Å². The fraction of sp³-hybridized carbons (Fsp3) is 0.679. The average molecular weight is 589 g/mol. The summed E-state index contributed by atoms with van der Waals surface area (Å²) in [7, 11) is -2.04. The number of rotatable bonds is 7. The number of nitrogens with one attached hydrogen (secondary N) is 3. The molecule has 4 aliphatic rings. The van der Waals surface area contributed by atoms with Gasteiger partial charge in [0.2, 0.25) is 33.7 Å². The molecule has 3 amide bonds. The van der Waals surface area contributed by atoms with Crippen molar-refractivity contribution in [2.75, 3.05) is 18.9 Å². The van der Waals surface area contributed by atoms with E-state index in [1.165, 1.54) is 0 Å². The molecule has 224 valence electrons. The third-order valence-electron chi connectivity index (χ3n) is 8.33. The molecule has 3 aliphatic carbocycles. The molecule has 1 aromatic heterocycles. The number of hydrogen-bond donors (Lipinski definition) is 3. The van der Waals surface area contributed by atoms with Crippen molar-refractivity contribution in [1.29, 1.82) is 0 Å². The van der Waals surface area contributed by atoms with Gasteiger partial charge in [0.25, 0.3) is 5.91 Å². The fourth-order valence-electron chi connectivity index (χ4n) is 5.80. The number of amides is 3. The molecule has 5 atom stereocenters. The summed E-state index contributed by atoms with van der Waals surface area (Å²) in [5.41, 5.74) is -1.36. The molecule has 5 rings (SSSR count). The average Bonchev–Trinajstić information content (AvgIpc) is 3.82. The molecule has 12 nitrogen and oxygen atoms in total. The van der Waals surface area contributed by atoms with Gasteiger partial charge < -0.3 is 20.3 Å². The number of allylic oxidation sites excluding steroid dienone is 1. The summed E-state index contributed by atoms with van der Waals surface area (Å²) in [6.07, 6.45) is 9.35. The van der Waals surface area contributed by atoms with Crippen LogP contribution >= 0.6 is 0 Å². The van der Waals surface area contributed by atoms with Crippen LogP contribution in [0.4, 0.5) is 5.95 Å². The minimum absolute atomic E-state index is 0.128. The van der Waals surface area contributed by atoms with Gasteiger partial charge >= 0.3 is 0 Å². The van der Waals surface area contributed by atoms with Crippen LogP contribution in [0, 0.1) is 17.8 Å². The van der Waals surface area contributed by atoms with Crippen LogP contribution in [-0.2, 0) is 24.4 Å². The minimum Gasteiger partial charge on any atom is -0.474 e. The number of sulfonamides is 1. The molecule has 3 fully saturated rings. The van der Waals surface area contributed by atoms with Crippen molar-refractivity contribution in [2.24, 2.45) is 17.8 Å². The molecule has 0 radical (unpaired) electrons. The second-order valence-electron chi connectivity index (χ2n) is 12.1. The second kappa shape index (κ2) is 11.6. The largest absolute Gasteiger partial charge is 0.474 e. The van der Waals surface area contributed by atoms with Gasteiger partial charge in [-0.25, -0.2) is 13.4 Å². The van der Waals surface area contributed by atoms with Gasteiger partial charge in [0, 0.05) is 37.8 Å². The highest BCUT2D eigenvalue weighted by atomic mass is 32.2. The summed E-state index contributed by atoms with van der Waals surface area (Å²) in [5, 5.41) is 5.46. The Morgan fingerprint density at radius 3 is 2.68 bits per heavy atom. The summed E-state index contributed by atoms with van der Waals surface area (Å²) in [4.78, 5) is 51.0. The fourth-order valence-corrected chi connectivity index (χ4v) is 7.16. The van der Waals surface area contributed by atoms with E-state index in [0.29, 0.717) is 44.1 Å². The Kier molecular flexibility index (Phi) is 8.27. The van der Waals surface area contributed by atoms with Gasteiger partial charge in [-0.2, -0.15) is 4.98 Å². The first-order valence-corrected chi connectivity index (χ1v) is 16.1. The Morgan fingerprint density at radius 2 is 1.95 bits per heavy atom. The number of carbonyl (C=O) groups excluding carboxylic acids is 3. The van der Waals surface area contributed by atoms with Crippen LogP contribution in [0.15, 0.2) is 24.4 Å². The highest BCUT2D eigenvalue weighted by Gasteiger charge is 2.62. The maximum atomic E-state index is 13.8. The van der Waals surface area contributed by atoms with Gasteiger partial charge in [-0.3, -0.25) is 19.1 Å². The summed E-state index contributed by atoms with van der Waals surface area (Å²) < 4.78 is 33.5. The van der Waals surface area contributed by atoms with Gasteiger partial charge in [-0.1, -0.05) is 12.2 Å². The van der Waals surface area contributed by atoms with Crippen LogP contribution in [0.1, 0.15) is 65.2 Å². The maximum absolute atomic E-state index is 13.8. The van der Waals surface area contributed by atoms with Crippen LogP contribution in [0.3, 0.4) is 0 Å². The smallest absolute Gasteiger partial charge is 0.259 e. The predicted octanol–water partition coefficient (Wildman–Crippen LogP) is 1.75. The van der Waals surface area contributed by atoms with Crippen molar-refractivity contribution in [2.45, 2.75) is 88.1 Å². The van der Waals surface area contributed by atoms with E-state index in [9.17, 15) is 22.8 Å². The van der Waals surface area contributed by atoms with Gasteiger partial charge in [0.15, 0.2) is 0 Å². The van der Waals surface area contributed by atoms with E-state index in [-0.39, 0.29) is 24.3 Å². The van der Waals surface area contributed by atoms with E-state index in [4.69, 9.17) is 4.74 Å². The Hall–Kier alpha value is -3.22. The Bertz CT molecular complexity index is 1310. The van der Waals surface area contributed by atoms with E-state index in [1.54, 1.807) is 24.2 Å². The van der Waals surface area contributed by atoms with Gasteiger partial charge in [0.05, 0.1) is 17.1 Å². The van der Waals surface area contributed by atoms with Gasteiger partial charge in [0.1, 0.15) is 11.6 Å². The quantitative estimate of drug-likeness (QED) is 0.403. The molecule has 1 aromatic rings. The van der Waals surface area contributed by atoms with Crippen molar-refractivity contribution >= 4 is 33.7 Å². The van der Waals surface area contributed by atoms with E-state index < -0.39 is 50.6 Å². The monoisotopic (exact) mass is 588 g/mol. The first-order valence-electron chi connectivity index (χ1n) is 14.5. The molecular formula is C28H40N6O6S. The number of nitrogens with zero attached hydrogens (tertiary/aromatic N) is 3. The molecule has 1 aliphatic heterocycles. The lowest BCUT2D eigenvalue weighted by atomic mass is 9.93. The number of ether oxygens (including phenoxy) is 1. The third kappa shape index (κ3) is 6.65. The van der Waals surface area contributed by atoms with Crippen LogP contribution in [0.5, 0.6) is 5.88 Å². The van der Waals surface area contributed by atoms with Crippen molar-refractivity contribution in [1.82, 2.24) is 24.9 Å². The molecule has 41 heavy (non-hydrogen) atoms. The van der Waals surface area contributed by atoms with Crippen molar-refractivity contribution < 1.29 is 27.5 Å². The summed E-state index contributed by atoms with van der Waals surface area (Å²) in [6, 6.07) is 1.77. The molecule has 0 spiro atoms. The first-order chi connectivity index (χ1) is 19.5. The molecule has 13 heteroatoms. The molecule has 3 N–H and O–H groups in total. The Balaban J connectivity index is 1.37. The lowest BCUT2D eigenvalue weighted by molar-refractivity contribution is -0.140. The van der Waals surface area contributed by atoms with E-state index >= 15 is 0 Å². The maximum Gasteiger partial charge on any atom is 0.259 e. The summed E-state index contributed by atoms with van der Waals surface area (Å²) in [6.45, 7) is 4.52. The van der Waals surface area contributed by atoms with E-state index in [0.717, 1.165) is 19.3 Å². The molecule has 0 unspecified atom stereocenters. The lowest BCUT2D eigenvalue weighted by Gasteiger charge is -2.26. The number of fused-ring (bicyclic) bond motifs is 2. The van der Waals surface area contributed by atoms with Gasteiger partial charge in [-0.15, -0.1) is 0 Å². The zero-order chi connectivity index (χ0) is 29.4.